The van der Waals surface area contributed by atoms with Crippen LogP contribution in [0.3, 0.4) is 0 Å². The van der Waals surface area contributed by atoms with Crippen molar-refractivity contribution in [3.63, 3.8) is 0 Å². The Hall–Kier alpha value is -1.36. The van der Waals surface area contributed by atoms with Gasteiger partial charge >= 0.3 is 0 Å². The minimum Gasteiger partial charge on any atom is -0.396 e. The summed E-state index contributed by atoms with van der Waals surface area (Å²) in [6, 6.07) is 0. The molecular formula is C14H24N4O. The molecule has 0 aromatic carbocycles. The molecule has 3 N–H and O–H groups in total. The van der Waals surface area contributed by atoms with Crippen molar-refractivity contribution in [2.75, 3.05) is 30.3 Å². The van der Waals surface area contributed by atoms with E-state index in [1.165, 1.54) is 0 Å². The monoisotopic (exact) mass is 264 g/mol. The second kappa shape index (κ2) is 6.19. The first-order valence-corrected chi connectivity index (χ1v) is 7.14. The molecule has 0 saturated carbocycles. The number of hydrogen-bond donors (Lipinski definition) is 2. The van der Waals surface area contributed by atoms with E-state index in [1.54, 1.807) is 0 Å². The summed E-state index contributed by atoms with van der Waals surface area (Å²) in [6.07, 6.45) is 4.06. The Labute approximate surface area is 114 Å². The Morgan fingerprint density at radius 3 is 2.89 bits per heavy atom. The van der Waals surface area contributed by atoms with Gasteiger partial charge in [0.05, 0.1) is 0 Å². The van der Waals surface area contributed by atoms with Gasteiger partial charge in [0.25, 0.3) is 0 Å². The van der Waals surface area contributed by atoms with Crippen LogP contribution in [0.1, 0.15) is 37.6 Å². The molecule has 1 aromatic heterocycles. The zero-order valence-electron chi connectivity index (χ0n) is 11.9. The lowest BCUT2D eigenvalue weighted by Crippen LogP contribution is -2.38. The summed E-state index contributed by atoms with van der Waals surface area (Å²) in [5.74, 6) is 2.71. The summed E-state index contributed by atoms with van der Waals surface area (Å²) in [5.41, 5.74) is 6.96. The molecule has 19 heavy (non-hydrogen) atoms. The highest BCUT2D eigenvalue weighted by atomic mass is 16.3. The molecule has 1 saturated heterocycles. The summed E-state index contributed by atoms with van der Waals surface area (Å²) >= 11 is 0. The van der Waals surface area contributed by atoms with Crippen LogP contribution < -0.4 is 10.6 Å². The highest BCUT2D eigenvalue weighted by Gasteiger charge is 2.22. The zero-order chi connectivity index (χ0) is 13.8. The first-order chi connectivity index (χ1) is 9.15. The Balaban J connectivity index is 2.26. The topological polar surface area (TPSA) is 75.3 Å². The fraction of sp³-hybridized carbons (Fsp3) is 0.714. The number of aliphatic hydroxyl groups excluding tert-OH is 1. The van der Waals surface area contributed by atoms with Gasteiger partial charge in [0.2, 0.25) is 0 Å². The van der Waals surface area contributed by atoms with E-state index < -0.39 is 0 Å². The van der Waals surface area contributed by atoms with Crippen molar-refractivity contribution in [1.82, 2.24) is 9.97 Å². The van der Waals surface area contributed by atoms with E-state index in [0.29, 0.717) is 11.7 Å². The van der Waals surface area contributed by atoms with Crippen LogP contribution in [0.15, 0.2) is 0 Å². The molecule has 1 unspecified atom stereocenters. The van der Waals surface area contributed by atoms with Gasteiger partial charge in [0.1, 0.15) is 17.5 Å². The van der Waals surface area contributed by atoms with E-state index in [0.717, 1.165) is 56.0 Å². The second-order valence-electron chi connectivity index (χ2n) is 5.36. The number of piperidine rings is 1. The molecule has 0 radical (unpaired) electrons. The molecule has 1 aliphatic rings. The van der Waals surface area contributed by atoms with Crippen molar-refractivity contribution in [3.05, 3.63) is 11.4 Å². The smallest absolute Gasteiger partial charge is 0.137 e. The fourth-order valence-corrected chi connectivity index (χ4v) is 2.62. The van der Waals surface area contributed by atoms with Crippen molar-refractivity contribution in [1.29, 1.82) is 0 Å². The Morgan fingerprint density at radius 2 is 2.21 bits per heavy atom. The number of nitrogens with zero attached hydrogens (tertiary/aromatic N) is 3. The standard InChI is InChI=1S/C14H24N4O/c1-3-5-12-16-13(15)10(2)14(17-12)18-7-4-6-11(8-18)9-19/h11,19H,3-9H2,1-2H3,(H2,15,16,17). The Kier molecular flexibility index (Phi) is 4.58. The molecular weight excluding hydrogens is 240 g/mol. The van der Waals surface area contributed by atoms with E-state index in [2.05, 4.69) is 21.8 Å². The van der Waals surface area contributed by atoms with Gasteiger partial charge in [-0.15, -0.1) is 0 Å². The van der Waals surface area contributed by atoms with Crippen LogP contribution in [0.2, 0.25) is 0 Å². The number of aromatic nitrogens is 2. The maximum Gasteiger partial charge on any atom is 0.137 e. The molecule has 2 rings (SSSR count). The van der Waals surface area contributed by atoms with Gasteiger partial charge in [-0.1, -0.05) is 6.92 Å². The average Bonchev–Trinajstić information content (AvgIpc) is 2.43. The van der Waals surface area contributed by atoms with E-state index in [1.807, 2.05) is 6.92 Å². The minimum absolute atomic E-state index is 0.248. The number of nitrogen functional groups attached to an aromatic ring is 1. The van der Waals surface area contributed by atoms with Gasteiger partial charge in [0, 0.05) is 31.7 Å². The third-order valence-corrected chi connectivity index (χ3v) is 3.75. The van der Waals surface area contributed by atoms with E-state index in [4.69, 9.17) is 5.73 Å². The van der Waals surface area contributed by atoms with Gasteiger partial charge in [0.15, 0.2) is 0 Å². The summed E-state index contributed by atoms with van der Waals surface area (Å²) in [4.78, 5) is 11.3. The van der Waals surface area contributed by atoms with Gasteiger partial charge in [-0.2, -0.15) is 0 Å². The molecule has 0 spiro atoms. The molecule has 0 bridgehead atoms. The number of anilines is 2. The van der Waals surface area contributed by atoms with Crippen LogP contribution >= 0.6 is 0 Å². The average molecular weight is 264 g/mol. The molecule has 1 atom stereocenters. The second-order valence-corrected chi connectivity index (χ2v) is 5.36. The molecule has 0 amide bonds. The summed E-state index contributed by atoms with van der Waals surface area (Å²) in [5, 5.41) is 9.33. The Morgan fingerprint density at radius 1 is 1.42 bits per heavy atom. The van der Waals surface area contributed by atoms with Gasteiger partial charge in [-0.05, 0) is 32.1 Å². The summed E-state index contributed by atoms with van der Waals surface area (Å²) in [7, 11) is 0. The van der Waals surface area contributed by atoms with Crippen molar-refractivity contribution < 1.29 is 5.11 Å². The molecule has 106 valence electrons. The molecule has 1 aliphatic heterocycles. The number of rotatable bonds is 4. The predicted octanol–water partition coefficient (Wildman–Crippen LogP) is 1.53. The first kappa shape index (κ1) is 14.1. The highest BCUT2D eigenvalue weighted by molar-refractivity contribution is 5.56. The van der Waals surface area contributed by atoms with E-state index in [-0.39, 0.29) is 6.61 Å². The van der Waals surface area contributed by atoms with Crippen LogP contribution in [0.5, 0.6) is 0 Å². The van der Waals surface area contributed by atoms with Crippen molar-refractivity contribution >= 4 is 11.6 Å². The van der Waals surface area contributed by atoms with Gasteiger partial charge < -0.3 is 15.7 Å². The molecule has 5 nitrogen and oxygen atoms in total. The quantitative estimate of drug-likeness (QED) is 0.862. The van der Waals surface area contributed by atoms with Crippen LogP contribution in [0.4, 0.5) is 11.6 Å². The third kappa shape index (κ3) is 3.15. The maximum atomic E-state index is 9.33. The summed E-state index contributed by atoms with van der Waals surface area (Å²) < 4.78 is 0. The SMILES string of the molecule is CCCc1nc(N)c(C)c(N2CCCC(CO)C2)n1. The van der Waals surface area contributed by atoms with Crippen LogP contribution in [0.25, 0.3) is 0 Å². The number of aryl methyl sites for hydroxylation is 1. The fourth-order valence-electron chi connectivity index (χ4n) is 2.62. The van der Waals surface area contributed by atoms with Gasteiger partial charge in [-0.25, -0.2) is 9.97 Å². The third-order valence-electron chi connectivity index (χ3n) is 3.75. The maximum absolute atomic E-state index is 9.33. The predicted molar refractivity (Wildman–Crippen MR) is 77.2 cm³/mol. The van der Waals surface area contributed by atoms with Crippen LogP contribution in [-0.4, -0.2) is 34.8 Å². The minimum atomic E-state index is 0.248. The number of aliphatic hydroxyl groups is 1. The van der Waals surface area contributed by atoms with Gasteiger partial charge in [-0.3, -0.25) is 0 Å². The molecule has 0 aliphatic carbocycles. The first-order valence-electron chi connectivity index (χ1n) is 7.14. The zero-order valence-corrected chi connectivity index (χ0v) is 11.9. The normalized spacial score (nSPS) is 19.7. The van der Waals surface area contributed by atoms with E-state index in [9.17, 15) is 5.11 Å². The number of nitrogens with two attached hydrogens (primary N) is 1. The van der Waals surface area contributed by atoms with Crippen molar-refractivity contribution in [2.45, 2.75) is 39.5 Å². The highest BCUT2D eigenvalue weighted by Crippen LogP contribution is 2.26. The largest absolute Gasteiger partial charge is 0.396 e. The molecule has 2 heterocycles. The summed E-state index contributed by atoms with van der Waals surface area (Å²) in [6.45, 7) is 6.18. The molecule has 1 fully saturated rings. The van der Waals surface area contributed by atoms with Crippen molar-refractivity contribution in [2.24, 2.45) is 5.92 Å². The van der Waals surface area contributed by atoms with Crippen LogP contribution in [-0.2, 0) is 6.42 Å². The lowest BCUT2D eigenvalue weighted by molar-refractivity contribution is 0.208. The molecule has 1 aromatic rings. The van der Waals surface area contributed by atoms with Crippen LogP contribution in [0, 0.1) is 12.8 Å². The number of hydrogen-bond acceptors (Lipinski definition) is 5. The lowest BCUT2D eigenvalue weighted by Gasteiger charge is -2.33. The van der Waals surface area contributed by atoms with E-state index >= 15 is 0 Å². The molecule has 5 heteroatoms. The lowest BCUT2D eigenvalue weighted by atomic mass is 9.99. The Bertz CT molecular complexity index is 436. The van der Waals surface area contributed by atoms with Crippen molar-refractivity contribution in [3.8, 4) is 0 Å².